The molecule has 0 radical (unpaired) electrons. The van der Waals surface area contributed by atoms with Crippen LogP contribution in [0.1, 0.15) is 16.6 Å². The number of hydrogen-bond acceptors (Lipinski definition) is 6. The van der Waals surface area contributed by atoms with Crippen molar-refractivity contribution in [1.29, 1.82) is 0 Å². The van der Waals surface area contributed by atoms with Gasteiger partial charge in [0.1, 0.15) is 0 Å². The minimum atomic E-state index is 0. The van der Waals surface area contributed by atoms with E-state index in [9.17, 15) is 0 Å². The first kappa shape index (κ1) is 14.1. The third kappa shape index (κ3) is 4.08. The summed E-state index contributed by atoms with van der Waals surface area (Å²) < 4.78 is 4.94. The molecular formula is C10H15ClN4OS. The summed E-state index contributed by atoms with van der Waals surface area (Å²) in [6, 6.07) is 4.16. The van der Waals surface area contributed by atoms with Crippen LogP contribution in [-0.4, -0.2) is 22.1 Å². The molecule has 0 aliphatic rings. The highest BCUT2D eigenvalue weighted by Gasteiger charge is 2.08. The molecule has 0 aliphatic heterocycles. The van der Waals surface area contributed by atoms with Crippen LogP contribution in [0.5, 0.6) is 0 Å². The lowest BCUT2D eigenvalue weighted by atomic mass is 10.4. The number of thiophene rings is 1. The Bertz CT molecular complexity index is 431. The van der Waals surface area contributed by atoms with Crippen molar-refractivity contribution in [2.75, 3.05) is 7.05 Å². The molecule has 2 rings (SSSR count). The Hall–Kier alpha value is -0.950. The predicted molar refractivity (Wildman–Crippen MR) is 68.9 cm³/mol. The van der Waals surface area contributed by atoms with Gasteiger partial charge >= 0.3 is 0 Å². The lowest BCUT2D eigenvalue weighted by Gasteiger charge is -2.12. The zero-order chi connectivity index (χ0) is 11.4. The summed E-state index contributed by atoms with van der Waals surface area (Å²) in [6.45, 7) is 1.85. The Morgan fingerprint density at radius 1 is 1.47 bits per heavy atom. The lowest BCUT2D eigenvalue weighted by Crippen LogP contribution is -2.17. The minimum absolute atomic E-state index is 0. The van der Waals surface area contributed by atoms with Gasteiger partial charge in [0.05, 0.1) is 13.1 Å². The van der Waals surface area contributed by atoms with Crippen molar-refractivity contribution < 1.29 is 4.52 Å². The molecule has 0 fully saturated rings. The second-order valence-corrected chi connectivity index (χ2v) is 4.59. The molecule has 7 heteroatoms. The van der Waals surface area contributed by atoms with Crippen LogP contribution < -0.4 is 5.73 Å². The van der Waals surface area contributed by atoms with Crippen LogP contribution in [0.25, 0.3) is 0 Å². The maximum atomic E-state index is 5.40. The third-order valence-corrected chi connectivity index (χ3v) is 2.96. The molecule has 0 saturated heterocycles. The van der Waals surface area contributed by atoms with E-state index in [0.29, 0.717) is 24.8 Å². The molecule has 0 spiro atoms. The van der Waals surface area contributed by atoms with Gasteiger partial charge in [-0.2, -0.15) is 4.98 Å². The smallest absolute Gasteiger partial charge is 0.240 e. The van der Waals surface area contributed by atoms with Gasteiger partial charge in [0.2, 0.25) is 5.89 Å². The quantitative estimate of drug-likeness (QED) is 0.898. The van der Waals surface area contributed by atoms with Crippen molar-refractivity contribution in [3.05, 3.63) is 34.1 Å². The lowest BCUT2D eigenvalue weighted by molar-refractivity contribution is 0.302. The second kappa shape index (κ2) is 6.70. The van der Waals surface area contributed by atoms with E-state index in [1.165, 1.54) is 4.88 Å². The molecule has 2 N–H and O–H groups in total. The summed E-state index contributed by atoms with van der Waals surface area (Å²) in [5.41, 5.74) is 5.40. The molecule has 0 bridgehead atoms. The fourth-order valence-corrected chi connectivity index (χ4v) is 2.19. The molecule has 0 unspecified atom stereocenters. The van der Waals surface area contributed by atoms with Gasteiger partial charge in [-0.05, 0) is 18.5 Å². The van der Waals surface area contributed by atoms with Crippen LogP contribution in [0.4, 0.5) is 0 Å². The second-order valence-electron chi connectivity index (χ2n) is 3.56. The Kier molecular flexibility index (Phi) is 5.57. The van der Waals surface area contributed by atoms with Gasteiger partial charge in [0.15, 0.2) is 5.82 Å². The molecule has 2 aromatic rings. The molecule has 2 aromatic heterocycles. The minimum Gasteiger partial charge on any atom is -0.338 e. The highest BCUT2D eigenvalue weighted by Crippen LogP contribution is 2.12. The number of hydrogen-bond donors (Lipinski definition) is 1. The van der Waals surface area contributed by atoms with E-state index in [-0.39, 0.29) is 12.4 Å². The van der Waals surface area contributed by atoms with Crippen molar-refractivity contribution in [2.45, 2.75) is 19.6 Å². The molecule has 2 heterocycles. The van der Waals surface area contributed by atoms with Crippen LogP contribution in [0.15, 0.2) is 22.0 Å². The van der Waals surface area contributed by atoms with Gasteiger partial charge in [-0.3, -0.25) is 4.90 Å². The average molecular weight is 275 g/mol. The summed E-state index contributed by atoms with van der Waals surface area (Å²) in [7, 11) is 2.03. The standard InChI is InChI=1S/C10H14N4OS.ClH/c1-14(6-8-3-2-4-16-8)7-9-12-10(5-11)15-13-9;/h2-4H,5-7,11H2,1H3;1H. The highest BCUT2D eigenvalue weighted by molar-refractivity contribution is 7.09. The summed E-state index contributed by atoms with van der Waals surface area (Å²) in [4.78, 5) is 7.62. The average Bonchev–Trinajstić information content (AvgIpc) is 2.89. The molecule has 0 saturated carbocycles. The van der Waals surface area contributed by atoms with E-state index in [0.717, 1.165) is 6.54 Å². The molecule has 0 atom stereocenters. The SMILES string of the molecule is CN(Cc1noc(CN)n1)Cc1cccs1.Cl. The Balaban J connectivity index is 0.00000144. The van der Waals surface area contributed by atoms with E-state index in [4.69, 9.17) is 10.3 Å². The van der Waals surface area contributed by atoms with Crippen molar-refractivity contribution >= 4 is 23.7 Å². The molecule has 94 valence electrons. The van der Waals surface area contributed by atoms with Gasteiger partial charge in [-0.25, -0.2) is 0 Å². The number of halogens is 1. The molecule has 0 aromatic carbocycles. The third-order valence-electron chi connectivity index (χ3n) is 2.10. The zero-order valence-corrected chi connectivity index (χ0v) is 11.1. The summed E-state index contributed by atoms with van der Waals surface area (Å²) in [5.74, 6) is 1.17. The summed E-state index contributed by atoms with van der Waals surface area (Å²) in [5, 5.41) is 5.93. The first-order chi connectivity index (χ1) is 7.78. The normalized spacial score (nSPS) is 10.5. The molecule has 0 aliphatic carbocycles. The number of nitrogens with two attached hydrogens (primary N) is 1. The number of rotatable bonds is 5. The maximum Gasteiger partial charge on any atom is 0.240 e. The highest BCUT2D eigenvalue weighted by atomic mass is 35.5. The Labute approximate surface area is 110 Å². The Morgan fingerprint density at radius 3 is 2.88 bits per heavy atom. The summed E-state index contributed by atoms with van der Waals surface area (Å²) in [6.07, 6.45) is 0. The van der Waals surface area contributed by atoms with Crippen LogP contribution in [0.2, 0.25) is 0 Å². The van der Waals surface area contributed by atoms with Gasteiger partial charge in [0, 0.05) is 11.4 Å². The first-order valence-electron chi connectivity index (χ1n) is 5.00. The molecule has 5 nitrogen and oxygen atoms in total. The fourth-order valence-electron chi connectivity index (χ4n) is 1.40. The predicted octanol–water partition coefficient (Wildman–Crippen LogP) is 1.64. The van der Waals surface area contributed by atoms with Crippen molar-refractivity contribution in [2.24, 2.45) is 5.73 Å². The van der Waals surface area contributed by atoms with Gasteiger partial charge in [-0.15, -0.1) is 23.7 Å². The van der Waals surface area contributed by atoms with Crippen LogP contribution in [0, 0.1) is 0 Å². The molecule has 17 heavy (non-hydrogen) atoms. The molecule has 0 amide bonds. The topological polar surface area (TPSA) is 68.2 Å². The van der Waals surface area contributed by atoms with Crippen molar-refractivity contribution in [3.8, 4) is 0 Å². The van der Waals surface area contributed by atoms with Crippen molar-refractivity contribution in [1.82, 2.24) is 15.0 Å². The van der Waals surface area contributed by atoms with E-state index < -0.39 is 0 Å². The summed E-state index contributed by atoms with van der Waals surface area (Å²) >= 11 is 1.75. The van der Waals surface area contributed by atoms with Gasteiger partial charge in [-0.1, -0.05) is 11.2 Å². The fraction of sp³-hybridized carbons (Fsp3) is 0.400. The van der Waals surface area contributed by atoms with E-state index in [1.807, 2.05) is 7.05 Å². The maximum absolute atomic E-state index is 5.40. The number of nitrogens with zero attached hydrogens (tertiary/aromatic N) is 3. The Morgan fingerprint density at radius 2 is 2.29 bits per heavy atom. The molecular weight excluding hydrogens is 260 g/mol. The van der Waals surface area contributed by atoms with Crippen LogP contribution in [-0.2, 0) is 19.6 Å². The monoisotopic (exact) mass is 274 g/mol. The first-order valence-corrected chi connectivity index (χ1v) is 5.88. The van der Waals surface area contributed by atoms with E-state index in [1.54, 1.807) is 11.3 Å². The number of aromatic nitrogens is 2. The van der Waals surface area contributed by atoms with Gasteiger partial charge in [0.25, 0.3) is 0 Å². The van der Waals surface area contributed by atoms with Crippen LogP contribution >= 0.6 is 23.7 Å². The van der Waals surface area contributed by atoms with Crippen LogP contribution in [0.3, 0.4) is 0 Å². The van der Waals surface area contributed by atoms with Crippen molar-refractivity contribution in [3.63, 3.8) is 0 Å². The zero-order valence-electron chi connectivity index (χ0n) is 9.50. The van der Waals surface area contributed by atoms with E-state index >= 15 is 0 Å². The van der Waals surface area contributed by atoms with E-state index in [2.05, 4.69) is 32.6 Å². The van der Waals surface area contributed by atoms with Gasteiger partial charge < -0.3 is 10.3 Å². The largest absolute Gasteiger partial charge is 0.338 e.